The van der Waals surface area contributed by atoms with E-state index in [9.17, 15) is 14.4 Å². The summed E-state index contributed by atoms with van der Waals surface area (Å²) in [5, 5.41) is 31.6. The summed E-state index contributed by atoms with van der Waals surface area (Å²) in [6, 6.07) is 3.92. The highest BCUT2D eigenvalue weighted by Crippen LogP contribution is 2.36. The summed E-state index contributed by atoms with van der Waals surface area (Å²) in [7, 11) is 0. The van der Waals surface area contributed by atoms with Crippen molar-refractivity contribution in [3.05, 3.63) is 53.3 Å². The standard InChI is InChI=1S/C21H20ClFN8O2/c1-11(27-21(32)33)18(12-2-3-12)29-20-17(23)4-13(6-24)19(30-20)28-15-5-16(9-25-8-15)31-10-14(22)7-26-31/h4-5,7-12,18,27H,2-3H2,1H3,(H,32,33)(H2,28,29,30)/t11-,18+/m0/s1. The molecule has 33 heavy (non-hydrogen) atoms. The number of pyridine rings is 2. The third-order valence-electron chi connectivity index (χ3n) is 5.22. The number of nitriles is 1. The molecule has 1 amide bonds. The lowest BCUT2D eigenvalue weighted by Gasteiger charge is -2.26. The zero-order valence-electron chi connectivity index (χ0n) is 17.5. The SMILES string of the molecule is C[C@H](NC(=O)O)[C@@H](Nc1nc(Nc2cncc(-n3cc(Cl)cn3)c2)c(C#N)cc1F)C1CC1. The molecule has 1 fully saturated rings. The minimum Gasteiger partial charge on any atom is -0.465 e. The predicted octanol–water partition coefficient (Wildman–Crippen LogP) is 3.92. The van der Waals surface area contributed by atoms with Crippen LogP contribution in [-0.2, 0) is 0 Å². The Bertz CT molecular complexity index is 1220. The van der Waals surface area contributed by atoms with Gasteiger partial charge >= 0.3 is 6.09 Å². The molecule has 0 saturated heterocycles. The average molecular weight is 471 g/mol. The van der Waals surface area contributed by atoms with Crippen LogP contribution in [0.15, 0.2) is 36.9 Å². The van der Waals surface area contributed by atoms with E-state index in [1.165, 1.54) is 17.1 Å². The Morgan fingerprint density at radius 1 is 1.33 bits per heavy atom. The molecule has 1 saturated carbocycles. The quantitative estimate of drug-likeness (QED) is 0.388. The van der Waals surface area contributed by atoms with Gasteiger partial charge in [-0.15, -0.1) is 0 Å². The topological polar surface area (TPSA) is 141 Å². The van der Waals surface area contributed by atoms with Crippen LogP contribution >= 0.6 is 11.6 Å². The Balaban J connectivity index is 1.61. The molecule has 1 aliphatic carbocycles. The second-order valence-corrected chi connectivity index (χ2v) is 8.17. The lowest BCUT2D eigenvalue weighted by Crippen LogP contribution is -2.45. The van der Waals surface area contributed by atoms with Gasteiger partial charge in [0.1, 0.15) is 6.07 Å². The van der Waals surface area contributed by atoms with Gasteiger partial charge in [-0.05, 0) is 37.8 Å². The summed E-state index contributed by atoms with van der Waals surface area (Å²) in [5.74, 6) is -0.451. The van der Waals surface area contributed by atoms with E-state index in [2.05, 4.69) is 31.0 Å². The number of nitrogens with zero attached hydrogens (tertiary/aromatic N) is 5. The molecule has 4 N–H and O–H groups in total. The molecule has 4 rings (SSSR count). The number of carboxylic acid groups (broad SMARTS) is 1. The lowest BCUT2D eigenvalue weighted by molar-refractivity contribution is 0.188. The van der Waals surface area contributed by atoms with Gasteiger partial charge in [0.2, 0.25) is 0 Å². The van der Waals surface area contributed by atoms with Gasteiger partial charge in [0.15, 0.2) is 17.5 Å². The van der Waals surface area contributed by atoms with Crippen LogP contribution in [0.5, 0.6) is 0 Å². The number of halogens is 2. The summed E-state index contributed by atoms with van der Waals surface area (Å²) in [4.78, 5) is 19.5. The lowest BCUT2D eigenvalue weighted by atomic mass is 10.0. The summed E-state index contributed by atoms with van der Waals surface area (Å²) < 4.78 is 16.3. The van der Waals surface area contributed by atoms with Gasteiger partial charge in [-0.25, -0.2) is 18.9 Å². The fourth-order valence-corrected chi connectivity index (χ4v) is 3.66. The molecule has 0 radical (unpaired) electrons. The highest BCUT2D eigenvalue weighted by Gasteiger charge is 2.36. The molecule has 0 spiro atoms. The van der Waals surface area contributed by atoms with Crippen LogP contribution in [0.4, 0.5) is 26.5 Å². The van der Waals surface area contributed by atoms with E-state index in [1.807, 2.05) is 6.07 Å². The van der Waals surface area contributed by atoms with Crippen LogP contribution in [0.1, 0.15) is 25.3 Å². The molecule has 1 aliphatic rings. The third kappa shape index (κ3) is 5.30. The van der Waals surface area contributed by atoms with Gasteiger partial charge in [0, 0.05) is 12.2 Å². The van der Waals surface area contributed by atoms with Crippen LogP contribution in [-0.4, -0.2) is 43.0 Å². The van der Waals surface area contributed by atoms with Crippen molar-refractivity contribution in [2.75, 3.05) is 10.6 Å². The number of aromatic nitrogens is 4. The fourth-order valence-electron chi connectivity index (χ4n) is 3.52. The number of anilines is 3. The van der Waals surface area contributed by atoms with E-state index in [0.717, 1.165) is 18.9 Å². The van der Waals surface area contributed by atoms with E-state index < -0.39 is 18.0 Å². The van der Waals surface area contributed by atoms with Crippen molar-refractivity contribution in [3.63, 3.8) is 0 Å². The zero-order valence-corrected chi connectivity index (χ0v) is 18.2. The molecule has 0 bridgehead atoms. The van der Waals surface area contributed by atoms with E-state index in [-0.39, 0.29) is 29.2 Å². The van der Waals surface area contributed by atoms with Gasteiger partial charge in [-0.1, -0.05) is 11.6 Å². The molecular weight excluding hydrogens is 451 g/mol. The van der Waals surface area contributed by atoms with Crippen molar-refractivity contribution in [2.24, 2.45) is 5.92 Å². The highest BCUT2D eigenvalue weighted by molar-refractivity contribution is 6.30. The average Bonchev–Trinajstić information content (AvgIpc) is 3.52. The van der Waals surface area contributed by atoms with Gasteiger partial charge in [-0.3, -0.25) is 4.98 Å². The van der Waals surface area contributed by atoms with E-state index in [4.69, 9.17) is 16.7 Å². The molecule has 0 unspecified atom stereocenters. The number of hydrogen-bond acceptors (Lipinski definition) is 7. The third-order valence-corrected chi connectivity index (χ3v) is 5.42. The Hall–Kier alpha value is -3.91. The molecule has 3 aromatic rings. The molecule has 3 aromatic heterocycles. The van der Waals surface area contributed by atoms with Crippen molar-refractivity contribution < 1.29 is 14.3 Å². The summed E-state index contributed by atoms with van der Waals surface area (Å²) in [6.45, 7) is 1.71. The normalized spacial score (nSPS) is 14.7. The van der Waals surface area contributed by atoms with Crippen LogP contribution in [0.3, 0.4) is 0 Å². The molecule has 0 aromatic carbocycles. The maximum absolute atomic E-state index is 14.7. The van der Waals surface area contributed by atoms with Crippen molar-refractivity contribution in [2.45, 2.75) is 31.8 Å². The molecule has 10 nitrogen and oxygen atoms in total. The first kappa shape index (κ1) is 22.3. The predicted molar refractivity (Wildman–Crippen MR) is 119 cm³/mol. The first-order valence-electron chi connectivity index (χ1n) is 10.1. The Morgan fingerprint density at radius 3 is 2.76 bits per heavy atom. The van der Waals surface area contributed by atoms with Crippen LogP contribution in [0.2, 0.25) is 5.02 Å². The van der Waals surface area contributed by atoms with Crippen molar-refractivity contribution in [1.82, 2.24) is 25.1 Å². The fraction of sp³-hybridized carbons (Fsp3) is 0.286. The largest absolute Gasteiger partial charge is 0.465 e. The number of rotatable bonds is 8. The first-order chi connectivity index (χ1) is 15.8. The summed E-state index contributed by atoms with van der Waals surface area (Å²) >= 11 is 5.92. The highest BCUT2D eigenvalue weighted by atomic mass is 35.5. The number of nitrogens with one attached hydrogen (secondary N) is 3. The van der Waals surface area contributed by atoms with Crippen molar-refractivity contribution in [3.8, 4) is 11.8 Å². The van der Waals surface area contributed by atoms with Crippen molar-refractivity contribution in [1.29, 1.82) is 5.26 Å². The molecule has 12 heteroatoms. The van der Waals surface area contributed by atoms with Gasteiger partial charge < -0.3 is 21.1 Å². The van der Waals surface area contributed by atoms with Crippen LogP contribution in [0.25, 0.3) is 5.69 Å². The minimum absolute atomic E-state index is 0.00488. The molecule has 2 atom stereocenters. The minimum atomic E-state index is -1.16. The Morgan fingerprint density at radius 2 is 2.12 bits per heavy atom. The number of amides is 1. The van der Waals surface area contributed by atoms with Crippen molar-refractivity contribution >= 4 is 35.0 Å². The van der Waals surface area contributed by atoms with E-state index in [1.54, 1.807) is 25.4 Å². The second-order valence-electron chi connectivity index (χ2n) is 7.73. The van der Waals surface area contributed by atoms with E-state index in [0.29, 0.717) is 16.4 Å². The number of hydrogen-bond donors (Lipinski definition) is 4. The smallest absolute Gasteiger partial charge is 0.404 e. The maximum atomic E-state index is 14.7. The second kappa shape index (κ2) is 9.30. The van der Waals surface area contributed by atoms with Crippen LogP contribution in [0, 0.1) is 23.1 Å². The molecule has 0 aliphatic heterocycles. The Labute approximate surface area is 193 Å². The number of carbonyl (C=O) groups is 1. The van der Waals surface area contributed by atoms with Gasteiger partial charge in [0.25, 0.3) is 0 Å². The van der Waals surface area contributed by atoms with Crippen LogP contribution < -0.4 is 16.0 Å². The Kier molecular flexibility index (Phi) is 6.28. The first-order valence-corrected chi connectivity index (χ1v) is 10.5. The van der Waals surface area contributed by atoms with Gasteiger partial charge in [0.05, 0.1) is 46.6 Å². The summed E-state index contributed by atoms with van der Waals surface area (Å²) in [6.07, 6.45) is 6.87. The monoisotopic (exact) mass is 470 g/mol. The molecule has 170 valence electrons. The van der Waals surface area contributed by atoms with E-state index >= 15 is 0 Å². The summed E-state index contributed by atoms with van der Waals surface area (Å²) in [5.41, 5.74) is 1.12. The molecule has 3 heterocycles. The molecular formula is C21H20ClFN8O2. The van der Waals surface area contributed by atoms with Gasteiger partial charge in [-0.2, -0.15) is 10.4 Å². The maximum Gasteiger partial charge on any atom is 0.404 e. The zero-order chi connectivity index (χ0) is 23.5.